The van der Waals surface area contributed by atoms with Crippen LogP contribution in [0.15, 0.2) is 48.5 Å². The molecular formula is C30H43FN2O4. The second-order valence-electron chi connectivity index (χ2n) is 11.0. The lowest BCUT2D eigenvalue weighted by Crippen LogP contribution is -2.49. The summed E-state index contributed by atoms with van der Waals surface area (Å²) in [6.07, 6.45) is 4.18. The Kier molecular flexibility index (Phi) is 10.5. The third kappa shape index (κ3) is 8.00. The summed E-state index contributed by atoms with van der Waals surface area (Å²) in [6.45, 7) is 6.75. The van der Waals surface area contributed by atoms with E-state index in [4.69, 9.17) is 9.47 Å². The normalized spacial score (nSPS) is 17.9. The Morgan fingerprint density at radius 3 is 2.70 bits per heavy atom. The number of likely N-dealkylation sites (tertiary alicyclic amines) is 1. The van der Waals surface area contributed by atoms with E-state index in [0.29, 0.717) is 49.6 Å². The van der Waals surface area contributed by atoms with E-state index in [1.807, 2.05) is 36.2 Å². The molecule has 204 valence electrons. The van der Waals surface area contributed by atoms with Gasteiger partial charge in [-0.15, -0.1) is 0 Å². The molecular weight excluding hydrogens is 471 g/mol. The van der Waals surface area contributed by atoms with Crippen LogP contribution in [-0.4, -0.2) is 56.3 Å². The first-order valence-electron chi connectivity index (χ1n) is 13.3. The molecule has 7 heteroatoms. The summed E-state index contributed by atoms with van der Waals surface area (Å²) in [5, 5.41) is 15.6. The molecule has 0 bridgehead atoms. The van der Waals surface area contributed by atoms with Gasteiger partial charge in [0.1, 0.15) is 17.3 Å². The molecule has 0 saturated carbocycles. The van der Waals surface area contributed by atoms with E-state index in [1.54, 1.807) is 19.2 Å². The number of hydrogen-bond donors (Lipinski definition) is 2. The third-order valence-electron chi connectivity index (χ3n) is 7.27. The Hall–Kier alpha value is -2.48. The van der Waals surface area contributed by atoms with E-state index in [1.165, 1.54) is 12.1 Å². The van der Waals surface area contributed by atoms with Crippen LogP contribution < -0.4 is 10.1 Å². The molecule has 1 heterocycles. The molecule has 3 rings (SSSR count). The Bertz CT molecular complexity index is 1010. The molecule has 2 atom stereocenters. The number of rotatable bonds is 13. The smallest absolute Gasteiger partial charge is 0.223 e. The number of carbonyl (C=O) groups excluding carboxylic acids is 1. The lowest BCUT2D eigenvalue weighted by atomic mass is 9.73. The van der Waals surface area contributed by atoms with Crippen molar-refractivity contribution in [1.29, 1.82) is 0 Å². The number of hydrogen-bond acceptors (Lipinski definition) is 5. The van der Waals surface area contributed by atoms with Crippen molar-refractivity contribution >= 4 is 5.91 Å². The third-order valence-corrected chi connectivity index (χ3v) is 7.27. The predicted molar refractivity (Wildman–Crippen MR) is 144 cm³/mol. The van der Waals surface area contributed by atoms with Crippen LogP contribution in [0.3, 0.4) is 0 Å². The van der Waals surface area contributed by atoms with Gasteiger partial charge in [0, 0.05) is 57.3 Å². The summed E-state index contributed by atoms with van der Waals surface area (Å²) < 4.78 is 25.2. The highest BCUT2D eigenvalue weighted by atomic mass is 19.1. The Morgan fingerprint density at radius 1 is 1.19 bits per heavy atom. The maximum absolute atomic E-state index is 13.8. The van der Waals surface area contributed by atoms with Gasteiger partial charge in [-0.05, 0) is 62.8 Å². The van der Waals surface area contributed by atoms with Gasteiger partial charge in [-0.25, -0.2) is 4.39 Å². The summed E-state index contributed by atoms with van der Waals surface area (Å²) in [5.74, 6) is 0.461. The molecule has 0 aliphatic carbocycles. The molecule has 0 radical (unpaired) electrons. The zero-order valence-corrected chi connectivity index (χ0v) is 22.8. The van der Waals surface area contributed by atoms with Crippen molar-refractivity contribution < 1.29 is 23.8 Å². The number of ether oxygens (including phenoxy) is 2. The van der Waals surface area contributed by atoms with E-state index >= 15 is 0 Å². The van der Waals surface area contributed by atoms with E-state index in [-0.39, 0.29) is 23.1 Å². The number of piperidine rings is 1. The number of unbranched alkanes of at least 4 members (excludes halogenated alkanes) is 1. The number of aliphatic hydroxyl groups is 1. The van der Waals surface area contributed by atoms with Gasteiger partial charge in [-0.3, -0.25) is 4.79 Å². The minimum atomic E-state index is -1.21. The van der Waals surface area contributed by atoms with Crippen molar-refractivity contribution in [2.24, 2.45) is 11.3 Å². The molecule has 1 amide bonds. The summed E-state index contributed by atoms with van der Waals surface area (Å²) in [4.78, 5) is 15.2. The van der Waals surface area contributed by atoms with E-state index in [0.717, 1.165) is 32.2 Å². The zero-order valence-electron chi connectivity index (χ0n) is 22.8. The molecule has 0 aromatic heterocycles. The molecule has 0 unspecified atom stereocenters. The summed E-state index contributed by atoms with van der Waals surface area (Å²) in [6, 6.07) is 13.5. The van der Waals surface area contributed by atoms with Crippen molar-refractivity contribution in [2.75, 3.05) is 40.4 Å². The first kappa shape index (κ1) is 29.1. The van der Waals surface area contributed by atoms with Crippen molar-refractivity contribution in [3.8, 4) is 11.5 Å². The maximum atomic E-state index is 13.8. The van der Waals surface area contributed by atoms with E-state index in [9.17, 15) is 14.3 Å². The average molecular weight is 515 g/mol. The SMILES string of the molecule is CNCC(C)(C)CC(=O)N1CCC[C@@H]([C@@](O)(CCCCOC)c2ccccc2Oc2cccc(F)c2)C1. The summed E-state index contributed by atoms with van der Waals surface area (Å²) in [5.41, 5.74) is -0.691. The van der Waals surface area contributed by atoms with E-state index < -0.39 is 5.60 Å². The highest BCUT2D eigenvalue weighted by Gasteiger charge is 2.43. The number of carbonyl (C=O) groups is 1. The minimum Gasteiger partial charge on any atom is -0.457 e. The average Bonchev–Trinajstić information content (AvgIpc) is 2.86. The molecule has 2 aromatic carbocycles. The Morgan fingerprint density at radius 2 is 1.97 bits per heavy atom. The molecule has 1 aliphatic heterocycles. The largest absolute Gasteiger partial charge is 0.457 e. The first-order valence-corrected chi connectivity index (χ1v) is 13.3. The number of benzene rings is 2. The highest BCUT2D eigenvalue weighted by molar-refractivity contribution is 5.77. The van der Waals surface area contributed by atoms with Gasteiger partial charge < -0.3 is 24.8 Å². The number of halogens is 1. The van der Waals surface area contributed by atoms with Crippen LogP contribution in [0.25, 0.3) is 0 Å². The van der Waals surface area contributed by atoms with E-state index in [2.05, 4.69) is 19.2 Å². The topological polar surface area (TPSA) is 71.0 Å². The Labute approximate surface area is 221 Å². The van der Waals surface area contributed by atoms with Gasteiger partial charge >= 0.3 is 0 Å². The fourth-order valence-corrected chi connectivity index (χ4v) is 5.43. The number of amides is 1. The van der Waals surface area contributed by atoms with Gasteiger partial charge in [0.25, 0.3) is 0 Å². The predicted octanol–water partition coefficient (Wildman–Crippen LogP) is 5.50. The lowest BCUT2D eigenvalue weighted by molar-refractivity contribution is -0.138. The monoisotopic (exact) mass is 514 g/mol. The molecule has 2 aromatic rings. The number of nitrogens with one attached hydrogen (secondary N) is 1. The van der Waals surface area contributed by atoms with Gasteiger partial charge in [-0.1, -0.05) is 38.1 Å². The van der Waals surface area contributed by atoms with Crippen molar-refractivity contribution in [3.63, 3.8) is 0 Å². The number of methoxy groups -OCH3 is 1. The van der Waals surface area contributed by atoms with Crippen LogP contribution in [0, 0.1) is 17.2 Å². The van der Waals surface area contributed by atoms with Gasteiger partial charge in [0.05, 0.1) is 5.60 Å². The minimum absolute atomic E-state index is 0.121. The van der Waals surface area contributed by atoms with Crippen molar-refractivity contribution in [2.45, 2.75) is 58.0 Å². The van der Waals surface area contributed by atoms with Crippen LogP contribution in [0.1, 0.15) is 57.9 Å². The van der Waals surface area contributed by atoms with Gasteiger partial charge in [0.2, 0.25) is 5.91 Å². The molecule has 6 nitrogen and oxygen atoms in total. The Balaban J connectivity index is 1.89. The molecule has 1 saturated heterocycles. The van der Waals surface area contributed by atoms with Crippen LogP contribution in [0.2, 0.25) is 0 Å². The zero-order chi connectivity index (χ0) is 26.9. The summed E-state index contributed by atoms with van der Waals surface area (Å²) in [7, 11) is 3.57. The molecule has 0 spiro atoms. The summed E-state index contributed by atoms with van der Waals surface area (Å²) >= 11 is 0. The molecule has 2 N–H and O–H groups in total. The lowest BCUT2D eigenvalue weighted by Gasteiger charge is -2.44. The molecule has 1 aliphatic rings. The second-order valence-corrected chi connectivity index (χ2v) is 11.0. The van der Waals surface area contributed by atoms with Gasteiger partial charge in [-0.2, -0.15) is 0 Å². The fourth-order valence-electron chi connectivity index (χ4n) is 5.43. The van der Waals surface area contributed by atoms with Crippen LogP contribution >= 0.6 is 0 Å². The number of para-hydroxylation sites is 1. The molecule has 1 fully saturated rings. The van der Waals surface area contributed by atoms with Crippen molar-refractivity contribution in [1.82, 2.24) is 10.2 Å². The fraction of sp³-hybridized carbons (Fsp3) is 0.567. The van der Waals surface area contributed by atoms with Gasteiger partial charge in [0.15, 0.2) is 0 Å². The van der Waals surface area contributed by atoms with Crippen molar-refractivity contribution in [3.05, 3.63) is 59.9 Å². The quantitative estimate of drug-likeness (QED) is 0.346. The van der Waals surface area contributed by atoms with Crippen LogP contribution in [-0.2, 0) is 15.1 Å². The van der Waals surface area contributed by atoms with Crippen LogP contribution in [0.4, 0.5) is 4.39 Å². The standard InChI is InChI=1S/C30H43FN2O4/c1-29(2,22-32-3)20-28(34)33-17-10-11-23(21-33)30(35,16-7-8-18-36-4)26-14-5-6-15-27(26)37-25-13-9-12-24(31)19-25/h5-6,9,12-15,19,23,32,35H,7-8,10-11,16-18,20-22H2,1-4H3/t23-,30+/m1/s1. The second kappa shape index (κ2) is 13.4. The van der Waals surface area contributed by atoms with Crippen LogP contribution in [0.5, 0.6) is 11.5 Å². The maximum Gasteiger partial charge on any atom is 0.223 e. The highest BCUT2D eigenvalue weighted by Crippen LogP contribution is 2.44. The first-order chi connectivity index (χ1) is 17.7. The molecule has 37 heavy (non-hydrogen) atoms. The number of nitrogens with zero attached hydrogens (tertiary/aromatic N) is 1.